The Hall–Kier alpha value is -6.78. The van der Waals surface area contributed by atoms with Crippen LogP contribution in [0.25, 0.3) is 100 Å². The lowest BCUT2D eigenvalue weighted by Crippen LogP contribution is -1.96. The summed E-state index contributed by atoms with van der Waals surface area (Å²) in [6, 6.07) is 58.6. The Labute approximate surface area is 287 Å². The zero-order valence-electron chi connectivity index (χ0n) is 26.9. The number of fused-ring (bicyclic) bond motifs is 6. The van der Waals surface area contributed by atoms with Crippen LogP contribution < -0.4 is 0 Å². The van der Waals surface area contributed by atoms with Crippen LogP contribution in [0.1, 0.15) is 0 Å². The van der Waals surface area contributed by atoms with Crippen molar-refractivity contribution in [3.05, 3.63) is 170 Å². The maximum atomic E-state index is 6.27. The number of para-hydroxylation sites is 2. The second-order valence-electron chi connectivity index (χ2n) is 12.6. The average molecular weight is 641 g/mol. The van der Waals surface area contributed by atoms with Crippen molar-refractivity contribution in [2.24, 2.45) is 0 Å². The fourth-order valence-corrected chi connectivity index (χ4v) is 6.99. The van der Waals surface area contributed by atoms with E-state index in [1.165, 1.54) is 11.1 Å². The van der Waals surface area contributed by atoms with Crippen molar-refractivity contribution < 1.29 is 8.83 Å². The molecule has 0 aliphatic heterocycles. The van der Waals surface area contributed by atoms with Gasteiger partial charge in [0.25, 0.3) is 0 Å². The van der Waals surface area contributed by atoms with Gasteiger partial charge in [0.05, 0.1) is 11.4 Å². The van der Waals surface area contributed by atoms with Crippen LogP contribution in [0.3, 0.4) is 0 Å². The van der Waals surface area contributed by atoms with Gasteiger partial charge in [-0.3, -0.25) is 0 Å². The summed E-state index contributed by atoms with van der Waals surface area (Å²) in [6.45, 7) is 0. The smallest absolute Gasteiger partial charge is 0.160 e. The number of hydrogen-bond acceptors (Lipinski definition) is 4. The maximum absolute atomic E-state index is 6.27. The van der Waals surface area contributed by atoms with E-state index in [0.29, 0.717) is 5.82 Å². The second kappa shape index (κ2) is 11.4. The molecule has 3 aromatic heterocycles. The first-order valence-corrected chi connectivity index (χ1v) is 16.7. The molecule has 0 saturated heterocycles. The minimum absolute atomic E-state index is 0.646. The molecule has 0 bridgehead atoms. The third kappa shape index (κ3) is 4.85. The Morgan fingerprint density at radius 3 is 1.30 bits per heavy atom. The number of aromatic nitrogens is 2. The summed E-state index contributed by atoms with van der Waals surface area (Å²) in [5, 5.41) is 4.37. The number of rotatable bonds is 5. The van der Waals surface area contributed by atoms with Crippen molar-refractivity contribution in [2.45, 2.75) is 0 Å². The fraction of sp³-hybridized carbons (Fsp3) is 0. The standard InChI is InChI=1S/C46H28N2O2/c1-2-10-29(11-3-1)30-12-8-13-31(24-30)32-14-9-15-35(25-32)46-47-40(33-20-22-38-36-16-4-6-18-42(36)49-44(38)26-33)28-41(48-46)34-21-23-39-37-17-5-7-19-43(37)50-45(39)27-34/h1-28H. The molecule has 50 heavy (non-hydrogen) atoms. The molecule has 4 nitrogen and oxygen atoms in total. The molecule has 0 radical (unpaired) electrons. The number of benzene rings is 7. The highest BCUT2D eigenvalue weighted by Gasteiger charge is 2.16. The van der Waals surface area contributed by atoms with Gasteiger partial charge >= 0.3 is 0 Å². The minimum Gasteiger partial charge on any atom is -0.456 e. The van der Waals surface area contributed by atoms with E-state index in [1.54, 1.807) is 0 Å². The van der Waals surface area contributed by atoms with Crippen LogP contribution in [0.4, 0.5) is 0 Å². The summed E-state index contributed by atoms with van der Waals surface area (Å²) < 4.78 is 12.5. The van der Waals surface area contributed by atoms with E-state index in [0.717, 1.165) is 83.1 Å². The van der Waals surface area contributed by atoms with E-state index in [2.05, 4.69) is 127 Å². The van der Waals surface area contributed by atoms with Crippen molar-refractivity contribution in [1.29, 1.82) is 0 Å². The lowest BCUT2D eigenvalue weighted by molar-refractivity contribution is 0.668. The quantitative estimate of drug-likeness (QED) is 0.188. The van der Waals surface area contributed by atoms with Crippen LogP contribution in [0.2, 0.25) is 0 Å². The van der Waals surface area contributed by atoms with E-state index in [1.807, 2.05) is 42.5 Å². The van der Waals surface area contributed by atoms with Crippen LogP contribution in [-0.4, -0.2) is 9.97 Å². The van der Waals surface area contributed by atoms with Crippen molar-refractivity contribution in [3.8, 4) is 56.2 Å². The monoisotopic (exact) mass is 640 g/mol. The minimum atomic E-state index is 0.646. The van der Waals surface area contributed by atoms with Crippen LogP contribution in [0, 0.1) is 0 Å². The predicted molar refractivity (Wildman–Crippen MR) is 204 cm³/mol. The summed E-state index contributed by atoms with van der Waals surface area (Å²) >= 11 is 0. The zero-order valence-corrected chi connectivity index (χ0v) is 26.9. The van der Waals surface area contributed by atoms with Crippen LogP contribution >= 0.6 is 0 Å². The molecule has 0 unspecified atom stereocenters. The SMILES string of the molecule is c1ccc(-c2cccc(-c3cccc(-c4nc(-c5ccc6c(c5)oc5ccccc56)cc(-c5ccc6c(c5)oc5ccccc56)n4)c3)c2)cc1. The van der Waals surface area contributed by atoms with Gasteiger partial charge in [0.2, 0.25) is 0 Å². The summed E-state index contributed by atoms with van der Waals surface area (Å²) in [5.74, 6) is 0.646. The molecule has 10 aromatic rings. The first-order valence-electron chi connectivity index (χ1n) is 16.7. The van der Waals surface area contributed by atoms with Gasteiger partial charge in [0, 0.05) is 38.2 Å². The average Bonchev–Trinajstić information content (AvgIpc) is 3.76. The number of furan rings is 2. The lowest BCUT2D eigenvalue weighted by atomic mass is 9.98. The Morgan fingerprint density at radius 1 is 0.280 bits per heavy atom. The van der Waals surface area contributed by atoms with Crippen LogP contribution in [0.15, 0.2) is 179 Å². The molecular weight excluding hydrogens is 613 g/mol. The normalized spacial score (nSPS) is 11.6. The van der Waals surface area contributed by atoms with Gasteiger partial charge < -0.3 is 8.83 Å². The second-order valence-corrected chi connectivity index (χ2v) is 12.6. The van der Waals surface area contributed by atoms with Gasteiger partial charge in [-0.1, -0.05) is 115 Å². The Balaban J connectivity index is 1.13. The molecule has 10 rings (SSSR count). The third-order valence-corrected chi connectivity index (χ3v) is 9.50. The van der Waals surface area contributed by atoms with Crippen LogP contribution in [-0.2, 0) is 0 Å². The van der Waals surface area contributed by atoms with Gasteiger partial charge in [-0.2, -0.15) is 0 Å². The Bertz CT molecular complexity index is 2750. The summed E-state index contributed by atoms with van der Waals surface area (Å²) in [5.41, 5.74) is 12.5. The largest absolute Gasteiger partial charge is 0.456 e. The van der Waals surface area contributed by atoms with E-state index < -0.39 is 0 Å². The third-order valence-electron chi connectivity index (χ3n) is 9.50. The molecule has 0 atom stereocenters. The first kappa shape index (κ1) is 28.3. The van der Waals surface area contributed by atoms with E-state index in [9.17, 15) is 0 Å². The highest BCUT2D eigenvalue weighted by atomic mass is 16.3. The summed E-state index contributed by atoms with van der Waals surface area (Å²) in [4.78, 5) is 10.4. The summed E-state index contributed by atoms with van der Waals surface area (Å²) in [6.07, 6.45) is 0. The molecule has 0 aliphatic rings. The van der Waals surface area contributed by atoms with Crippen molar-refractivity contribution in [1.82, 2.24) is 9.97 Å². The van der Waals surface area contributed by atoms with Gasteiger partial charge in [-0.05, 0) is 76.9 Å². The molecular formula is C46H28N2O2. The molecule has 0 amide bonds. The molecule has 0 aliphatic carbocycles. The fourth-order valence-electron chi connectivity index (χ4n) is 6.99. The highest BCUT2D eigenvalue weighted by molar-refractivity contribution is 6.07. The Kier molecular flexibility index (Phi) is 6.46. The van der Waals surface area contributed by atoms with Gasteiger partial charge in [0.1, 0.15) is 22.3 Å². The van der Waals surface area contributed by atoms with E-state index >= 15 is 0 Å². The Morgan fingerprint density at radius 2 is 0.720 bits per heavy atom. The van der Waals surface area contributed by atoms with E-state index in [-0.39, 0.29) is 0 Å². The highest BCUT2D eigenvalue weighted by Crippen LogP contribution is 2.36. The van der Waals surface area contributed by atoms with Gasteiger partial charge in [-0.15, -0.1) is 0 Å². The predicted octanol–water partition coefficient (Wildman–Crippen LogP) is 12.6. The molecule has 3 heterocycles. The molecule has 0 fully saturated rings. The summed E-state index contributed by atoms with van der Waals surface area (Å²) in [7, 11) is 0. The van der Waals surface area contributed by atoms with Crippen molar-refractivity contribution in [3.63, 3.8) is 0 Å². The molecule has 0 saturated carbocycles. The number of nitrogens with zero attached hydrogens (tertiary/aromatic N) is 2. The van der Waals surface area contributed by atoms with Crippen molar-refractivity contribution in [2.75, 3.05) is 0 Å². The maximum Gasteiger partial charge on any atom is 0.160 e. The van der Waals surface area contributed by atoms with Crippen molar-refractivity contribution >= 4 is 43.9 Å². The lowest BCUT2D eigenvalue weighted by Gasteiger charge is -2.11. The molecule has 234 valence electrons. The molecule has 7 aromatic carbocycles. The first-order chi connectivity index (χ1) is 24.7. The molecule has 0 N–H and O–H groups in total. The molecule has 0 spiro atoms. The number of hydrogen-bond donors (Lipinski definition) is 0. The van der Waals surface area contributed by atoms with Crippen LogP contribution in [0.5, 0.6) is 0 Å². The zero-order chi connectivity index (χ0) is 33.0. The van der Waals surface area contributed by atoms with Gasteiger partial charge in [0.15, 0.2) is 5.82 Å². The molecule has 4 heteroatoms. The topological polar surface area (TPSA) is 52.1 Å². The van der Waals surface area contributed by atoms with Gasteiger partial charge in [-0.25, -0.2) is 9.97 Å². The van der Waals surface area contributed by atoms with E-state index in [4.69, 9.17) is 18.8 Å².